The predicted octanol–water partition coefficient (Wildman–Crippen LogP) is 2.15. The third-order valence-electron chi connectivity index (χ3n) is 2.19. The van der Waals surface area contributed by atoms with Gasteiger partial charge in [0, 0.05) is 13.5 Å². The molecule has 1 heterocycles. The first-order valence-electron chi connectivity index (χ1n) is 4.17. The molecule has 0 bridgehead atoms. The Kier molecular flexibility index (Phi) is 3.44. The van der Waals surface area contributed by atoms with Crippen LogP contribution in [-0.2, 0) is 14.2 Å². The minimum Gasteiger partial charge on any atom is -0.419 e. The number of hydrogen-bond donors (Lipinski definition) is 0. The highest BCUT2D eigenvalue weighted by Gasteiger charge is 2.43. The van der Waals surface area contributed by atoms with Crippen molar-refractivity contribution in [2.75, 3.05) is 13.4 Å². The van der Waals surface area contributed by atoms with Crippen molar-refractivity contribution in [3.05, 3.63) is 12.3 Å². The maximum Gasteiger partial charge on any atom is 0.514 e. The van der Waals surface area contributed by atoms with Gasteiger partial charge in [-0.2, -0.15) is 0 Å². The van der Waals surface area contributed by atoms with Crippen LogP contribution in [0.4, 0.5) is 4.79 Å². The Morgan fingerprint density at radius 3 is 2.71 bits per heavy atom. The lowest BCUT2D eigenvalue weighted by atomic mass is 10.0. The summed E-state index contributed by atoms with van der Waals surface area (Å²) in [7, 11) is 1.62. The van der Waals surface area contributed by atoms with Crippen LogP contribution in [0.15, 0.2) is 12.3 Å². The van der Waals surface area contributed by atoms with Crippen molar-refractivity contribution in [2.45, 2.75) is 24.4 Å². The van der Waals surface area contributed by atoms with Crippen LogP contribution in [0.5, 0.6) is 0 Å². The van der Waals surface area contributed by atoms with Gasteiger partial charge in [-0.05, 0) is 13.2 Å². The van der Waals surface area contributed by atoms with Crippen molar-refractivity contribution >= 4 is 17.9 Å². The lowest BCUT2D eigenvalue weighted by Gasteiger charge is -2.24. The van der Waals surface area contributed by atoms with Gasteiger partial charge in [-0.15, -0.1) is 11.8 Å². The van der Waals surface area contributed by atoms with Crippen molar-refractivity contribution < 1.29 is 19.0 Å². The molecule has 5 heteroatoms. The van der Waals surface area contributed by atoms with Gasteiger partial charge in [-0.1, -0.05) is 6.58 Å². The minimum absolute atomic E-state index is 0.0359. The fourth-order valence-electron chi connectivity index (χ4n) is 1.21. The number of ether oxygens (including phenoxy) is 3. The number of rotatable bonds is 4. The summed E-state index contributed by atoms with van der Waals surface area (Å²) in [4.78, 5) is 10.9. The van der Waals surface area contributed by atoms with E-state index >= 15 is 0 Å². The molecular weight excluding hydrogens is 204 g/mol. The average molecular weight is 218 g/mol. The van der Waals surface area contributed by atoms with Crippen LogP contribution in [-0.4, -0.2) is 30.6 Å². The monoisotopic (exact) mass is 218 g/mol. The van der Waals surface area contributed by atoms with Crippen LogP contribution in [0.2, 0.25) is 0 Å². The van der Waals surface area contributed by atoms with Crippen molar-refractivity contribution in [1.82, 2.24) is 0 Å². The molecule has 2 atom stereocenters. The molecule has 1 fully saturated rings. The van der Waals surface area contributed by atoms with Gasteiger partial charge >= 0.3 is 6.16 Å². The summed E-state index contributed by atoms with van der Waals surface area (Å²) in [6.45, 7) is 5.41. The van der Waals surface area contributed by atoms with Crippen LogP contribution in [0.25, 0.3) is 0 Å². The number of methoxy groups -OCH3 is 1. The Balaban J connectivity index is 2.66. The van der Waals surface area contributed by atoms with Gasteiger partial charge < -0.3 is 14.2 Å². The molecule has 1 rings (SSSR count). The normalized spacial score (nSPS) is 28.5. The molecule has 0 aromatic rings. The second-order valence-corrected chi connectivity index (χ2v) is 4.21. The Morgan fingerprint density at radius 2 is 2.36 bits per heavy atom. The Bertz CT molecular complexity index is 249. The smallest absolute Gasteiger partial charge is 0.419 e. The molecule has 80 valence electrons. The van der Waals surface area contributed by atoms with Crippen molar-refractivity contribution in [1.29, 1.82) is 0 Å². The lowest BCUT2D eigenvalue weighted by molar-refractivity contribution is 0.0425. The van der Waals surface area contributed by atoms with Crippen LogP contribution < -0.4 is 0 Å². The van der Waals surface area contributed by atoms with Crippen LogP contribution in [0.1, 0.15) is 13.3 Å². The maximum atomic E-state index is 10.9. The predicted molar refractivity (Wildman–Crippen MR) is 54.0 cm³/mol. The summed E-state index contributed by atoms with van der Waals surface area (Å²) in [6.07, 6.45) is 1.78. The summed E-state index contributed by atoms with van der Waals surface area (Å²) < 4.78 is 15.0. The highest BCUT2D eigenvalue weighted by Crippen LogP contribution is 2.35. The fraction of sp³-hybridized carbons (Fsp3) is 0.667. The first-order chi connectivity index (χ1) is 6.51. The summed E-state index contributed by atoms with van der Waals surface area (Å²) in [5.74, 6) is 0.346. The number of carbonyl (C=O) groups excluding carboxylic acids is 1. The van der Waals surface area contributed by atoms with Gasteiger partial charge in [-0.25, -0.2) is 4.79 Å². The largest absolute Gasteiger partial charge is 0.514 e. The van der Waals surface area contributed by atoms with Gasteiger partial charge in [0.25, 0.3) is 0 Å². The first-order valence-corrected chi connectivity index (χ1v) is 5.46. The Morgan fingerprint density at radius 1 is 1.71 bits per heavy atom. The van der Waals surface area contributed by atoms with E-state index in [2.05, 4.69) is 6.58 Å². The van der Waals surface area contributed by atoms with Gasteiger partial charge in [0.1, 0.15) is 11.2 Å². The number of cyclic esters (lactones) is 2. The van der Waals surface area contributed by atoms with E-state index in [0.717, 1.165) is 0 Å². The zero-order valence-corrected chi connectivity index (χ0v) is 9.35. The average Bonchev–Trinajstić information content (AvgIpc) is 2.37. The van der Waals surface area contributed by atoms with E-state index in [1.54, 1.807) is 25.8 Å². The second kappa shape index (κ2) is 4.23. The van der Waals surface area contributed by atoms with Gasteiger partial charge in [-0.3, -0.25) is 0 Å². The molecule has 2 unspecified atom stereocenters. The van der Waals surface area contributed by atoms with Gasteiger partial charge in [0.2, 0.25) is 0 Å². The molecule has 1 saturated heterocycles. The topological polar surface area (TPSA) is 44.8 Å². The van der Waals surface area contributed by atoms with Crippen LogP contribution in [0, 0.1) is 0 Å². The van der Waals surface area contributed by atoms with Crippen molar-refractivity contribution in [3.63, 3.8) is 0 Å². The molecular formula is C9H14O4S. The second-order valence-electron chi connectivity index (χ2n) is 3.21. The van der Waals surface area contributed by atoms with Gasteiger partial charge in [0.05, 0.1) is 0 Å². The third-order valence-corrected chi connectivity index (χ3v) is 3.07. The van der Waals surface area contributed by atoms with E-state index < -0.39 is 11.8 Å². The van der Waals surface area contributed by atoms with Crippen molar-refractivity contribution in [3.8, 4) is 0 Å². The Hall–Kier alpha value is -0.680. The summed E-state index contributed by atoms with van der Waals surface area (Å²) >= 11 is 1.55. The third kappa shape index (κ3) is 2.22. The Labute approximate surface area is 87.6 Å². The summed E-state index contributed by atoms with van der Waals surface area (Å²) in [5.41, 5.74) is -0.799. The molecule has 0 aromatic carbocycles. The maximum absolute atomic E-state index is 10.9. The standard InChI is InChI=1S/C9H14O4S/c1-6-9(2,13-8(10)12-6)5-7(11-3)14-4/h7H,1,5H2,2-4H3. The first kappa shape index (κ1) is 11.4. The molecule has 0 radical (unpaired) electrons. The SMILES string of the molecule is C=C1OC(=O)OC1(C)CC(OC)SC. The lowest BCUT2D eigenvalue weighted by Crippen LogP contribution is -2.30. The van der Waals surface area contributed by atoms with E-state index in [1.807, 2.05) is 6.26 Å². The quantitative estimate of drug-likeness (QED) is 0.534. The van der Waals surface area contributed by atoms with Gasteiger partial charge in [0.15, 0.2) is 5.60 Å². The molecule has 14 heavy (non-hydrogen) atoms. The fourth-order valence-corrected chi connectivity index (χ4v) is 1.88. The highest BCUT2D eigenvalue weighted by atomic mass is 32.2. The number of hydrogen-bond acceptors (Lipinski definition) is 5. The molecule has 0 spiro atoms. The molecule has 1 aliphatic heterocycles. The van der Waals surface area contributed by atoms with Crippen LogP contribution in [0.3, 0.4) is 0 Å². The summed E-state index contributed by atoms with van der Waals surface area (Å²) in [6, 6.07) is 0. The van der Waals surface area contributed by atoms with Crippen molar-refractivity contribution in [2.24, 2.45) is 0 Å². The highest BCUT2D eigenvalue weighted by molar-refractivity contribution is 7.99. The van der Waals surface area contributed by atoms with E-state index in [9.17, 15) is 4.79 Å². The minimum atomic E-state index is -0.763. The zero-order chi connectivity index (χ0) is 10.8. The molecule has 1 aliphatic rings. The van der Waals surface area contributed by atoms with E-state index in [1.165, 1.54) is 0 Å². The van der Waals surface area contributed by atoms with Crippen LogP contribution >= 0.6 is 11.8 Å². The van der Waals surface area contributed by atoms with E-state index in [0.29, 0.717) is 12.2 Å². The van der Waals surface area contributed by atoms with E-state index in [4.69, 9.17) is 14.2 Å². The number of carbonyl (C=O) groups is 1. The molecule has 0 N–H and O–H groups in total. The summed E-state index contributed by atoms with van der Waals surface area (Å²) in [5, 5.41) is 0. The molecule has 0 amide bonds. The molecule has 0 saturated carbocycles. The number of thioether (sulfide) groups is 1. The van der Waals surface area contributed by atoms with E-state index in [-0.39, 0.29) is 5.44 Å². The molecule has 0 aromatic heterocycles. The zero-order valence-electron chi connectivity index (χ0n) is 8.53. The molecule has 0 aliphatic carbocycles. The molecule has 4 nitrogen and oxygen atoms in total.